The Labute approximate surface area is 123 Å². The lowest BCUT2D eigenvalue weighted by molar-refractivity contribution is 0.0646. The predicted molar refractivity (Wildman–Crippen MR) is 72.2 cm³/mol. The van der Waals surface area contributed by atoms with E-state index in [4.69, 9.17) is 15.6 Å². The Kier molecular flexibility index (Phi) is 4.37. The lowest BCUT2D eigenvalue weighted by Crippen LogP contribution is -2.20. The smallest absolute Gasteiger partial charge is 0.413 e. The van der Waals surface area contributed by atoms with Crippen molar-refractivity contribution < 1.29 is 28.8 Å². The molecule has 0 spiro atoms. The molecule has 0 saturated heterocycles. The van der Waals surface area contributed by atoms with Crippen molar-refractivity contribution in [2.45, 2.75) is 6.61 Å². The maximum absolute atomic E-state index is 11.6. The fourth-order valence-electron chi connectivity index (χ4n) is 1.61. The first kappa shape index (κ1) is 15.0. The number of rotatable bonds is 5. The highest BCUT2D eigenvalue weighted by atomic mass is 16.5. The van der Waals surface area contributed by atoms with E-state index in [0.29, 0.717) is 0 Å². The van der Waals surface area contributed by atoms with E-state index in [0.717, 1.165) is 5.56 Å². The summed E-state index contributed by atoms with van der Waals surface area (Å²) in [5.41, 5.74) is 5.26. The van der Waals surface area contributed by atoms with E-state index >= 15 is 0 Å². The maximum atomic E-state index is 11.6. The normalized spacial score (nSPS) is 10.0. The van der Waals surface area contributed by atoms with E-state index in [-0.39, 0.29) is 6.61 Å². The van der Waals surface area contributed by atoms with Crippen molar-refractivity contribution in [3.63, 3.8) is 0 Å². The molecule has 0 aliphatic rings. The predicted octanol–water partition coefficient (Wildman–Crippen LogP) is 1.22. The van der Waals surface area contributed by atoms with Crippen LogP contribution in [0.3, 0.4) is 0 Å². The van der Waals surface area contributed by atoms with Gasteiger partial charge in [-0.2, -0.15) is 0 Å². The zero-order valence-electron chi connectivity index (χ0n) is 11.1. The van der Waals surface area contributed by atoms with Gasteiger partial charge in [0.1, 0.15) is 12.2 Å². The van der Waals surface area contributed by atoms with E-state index < -0.39 is 35.1 Å². The number of hydrogen-bond acceptors (Lipinski definition) is 6. The van der Waals surface area contributed by atoms with Crippen LogP contribution in [0.1, 0.15) is 26.5 Å². The Morgan fingerprint density at radius 1 is 1.27 bits per heavy atom. The van der Waals surface area contributed by atoms with Crippen LogP contribution in [-0.2, 0) is 11.3 Å². The van der Waals surface area contributed by atoms with Crippen LogP contribution in [0.5, 0.6) is 0 Å². The summed E-state index contributed by atoms with van der Waals surface area (Å²) in [6.07, 6.45) is -0.934. The molecular formula is C13H11N3O6. The minimum Gasteiger partial charge on any atom is -0.475 e. The van der Waals surface area contributed by atoms with Crippen molar-refractivity contribution in [2.24, 2.45) is 5.73 Å². The molecule has 2 amide bonds. The number of carbonyl (C=O) groups excluding carboxylic acids is 2. The first-order valence-corrected chi connectivity index (χ1v) is 5.99. The molecule has 0 radical (unpaired) electrons. The van der Waals surface area contributed by atoms with Crippen LogP contribution >= 0.6 is 0 Å². The molecule has 22 heavy (non-hydrogen) atoms. The van der Waals surface area contributed by atoms with Gasteiger partial charge in [0, 0.05) is 0 Å². The molecule has 1 aromatic carbocycles. The van der Waals surface area contributed by atoms with Gasteiger partial charge in [-0.3, -0.25) is 10.1 Å². The topological polar surface area (TPSA) is 145 Å². The molecule has 2 rings (SSSR count). The van der Waals surface area contributed by atoms with Gasteiger partial charge in [0.2, 0.25) is 0 Å². The average Bonchev–Trinajstić information content (AvgIpc) is 2.90. The molecule has 0 unspecified atom stereocenters. The third kappa shape index (κ3) is 3.39. The van der Waals surface area contributed by atoms with Crippen LogP contribution in [0.2, 0.25) is 0 Å². The van der Waals surface area contributed by atoms with Gasteiger partial charge in [0.25, 0.3) is 11.7 Å². The fraction of sp³-hybridized carbons (Fsp3) is 0.0769. The highest BCUT2D eigenvalue weighted by Crippen LogP contribution is 2.19. The molecule has 0 saturated carbocycles. The van der Waals surface area contributed by atoms with E-state index in [1.165, 1.54) is 0 Å². The minimum absolute atomic E-state index is 0.0117. The molecule has 0 atom stereocenters. The number of aromatic carboxylic acids is 1. The number of carboxylic acids is 1. The summed E-state index contributed by atoms with van der Waals surface area (Å²) >= 11 is 0. The van der Waals surface area contributed by atoms with Crippen LogP contribution in [0, 0.1) is 0 Å². The van der Waals surface area contributed by atoms with Crippen molar-refractivity contribution >= 4 is 23.8 Å². The number of benzene rings is 1. The van der Waals surface area contributed by atoms with E-state index in [2.05, 4.69) is 15.0 Å². The fourth-order valence-corrected chi connectivity index (χ4v) is 1.61. The van der Waals surface area contributed by atoms with Gasteiger partial charge in [-0.05, 0) is 5.56 Å². The van der Waals surface area contributed by atoms with Crippen molar-refractivity contribution in [1.29, 1.82) is 0 Å². The molecule has 1 heterocycles. The molecule has 4 N–H and O–H groups in total. The second kappa shape index (κ2) is 6.39. The van der Waals surface area contributed by atoms with Crippen molar-refractivity contribution in [1.82, 2.24) is 5.16 Å². The Bertz CT molecular complexity index is 710. The van der Waals surface area contributed by atoms with Gasteiger partial charge >= 0.3 is 12.1 Å². The van der Waals surface area contributed by atoms with Gasteiger partial charge in [-0.25, -0.2) is 9.59 Å². The lowest BCUT2D eigenvalue weighted by atomic mass is 10.2. The number of hydrogen-bond donors (Lipinski definition) is 3. The molecule has 9 nitrogen and oxygen atoms in total. The van der Waals surface area contributed by atoms with Crippen molar-refractivity contribution in [2.75, 3.05) is 5.32 Å². The summed E-state index contributed by atoms with van der Waals surface area (Å²) in [4.78, 5) is 33.7. The van der Waals surface area contributed by atoms with Crippen molar-refractivity contribution in [3.8, 4) is 0 Å². The number of ether oxygens (including phenoxy) is 1. The molecule has 0 bridgehead atoms. The SMILES string of the molecule is NC(=O)c1c(NC(=O)OCc2ccccc2)noc1C(=O)O. The zero-order chi connectivity index (χ0) is 16.1. The van der Waals surface area contributed by atoms with E-state index in [9.17, 15) is 14.4 Å². The number of aromatic nitrogens is 1. The number of carbonyl (C=O) groups is 3. The number of anilines is 1. The third-order valence-corrected chi connectivity index (χ3v) is 2.57. The third-order valence-electron chi connectivity index (χ3n) is 2.57. The summed E-state index contributed by atoms with van der Waals surface area (Å²) in [7, 11) is 0. The molecule has 9 heteroatoms. The lowest BCUT2D eigenvalue weighted by Gasteiger charge is -2.05. The first-order chi connectivity index (χ1) is 10.5. The number of nitrogens with zero attached hydrogens (tertiary/aromatic N) is 1. The molecule has 114 valence electrons. The minimum atomic E-state index is -1.54. The molecule has 0 aliphatic heterocycles. The first-order valence-electron chi connectivity index (χ1n) is 5.99. The Morgan fingerprint density at radius 2 is 1.95 bits per heavy atom. The highest BCUT2D eigenvalue weighted by Gasteiger charge is 2.27. The van der Waals surface area contributed by atoms with Crippen molar-refractivity contribution in [3.05, 3.63) is 47.2 Å². The molecule has 2 aromatic rings. The standard InChI is InChI=1S/C13H11N3O6/c14-10(17)8-9(12(18)19)22-16-11(8)15-13(20)21-6-7-4-2-1-3-5-7/h1-5H,6H2,(H2,14,17)(H,18,19)(H,15,16,20). The number of primary amides is 1. The largest absolute Gasteiger partial charge is 0.475 e. The highest BCUT2D eigenvalue weighted by molar-refractivity contribution is 6.07. The van der Waals surface area contributed by atoms with Crippen LogP contribution in [-0.4, -0.2) is 28.2 Å². The van der Waals surface area contributed by atoms with Gasteiger partial charge in [-0.15, -0.1) is 0 Å². The Hall–Kier alpha value is -3.36. The summed E-state index contributed by atoms with van der Waals surface area (Å²) in [5.74, 6) is -3.81. The number of nitrogens with one attached hydrogen (secondary N) is 1. The second-order valence-corrected chi connectivity index (χ2v) is 4.09. The van der Waals surface area contributed by atoms with E-state index in [1.807, 2.05) is 6.07 Å². The van der Waals surface area contributed by atoms with Crippen LogP contribution in [0.4, 0.5) is 10.6 Å². The summed E-state index contributed by atoms with van der Waals surface area (Å²) in [5, 5.41) is 14.2. The Balaban J connectivity index is 2.06. The second-order valence-electron chi connectivity index (χ2n) is 4.09. The number of amides is 2. The quantitative estimate of drug-likeness (QED) is 0.752. The summed E-state index contributed by atoms with van der Waals surface area (Å²) < 4.78 is 9.37. The maximum Gasteiger partial charge on any atom is 0.413 e. The van der Waals surface area contributed by atoms with Crippen LogP contribution < -0.4 is 11.1 Å². The van der Waals surface area contributed by atoms with E-state index in [1.54, 1.807) is 24.3 Å². The van der Waals surface area contributed by atoms with Gasteiger partial charge in [-0.1, -0.05) is 35.5 Å². The van der Waals surface area contributed by atoms with Crippen LogP contribution in [0.15, 0.2) is 34.9 Å². The molecule has 0 aliphatic carbocycles. The van der Waals surface area contributed by atoms with Gasteiger partial charge < -0.3 is 20.1 Å². The summed E-state index contributed by atoms with van der Waals surface area (Å²) in [6.45, 7) is -0.0117. The molecule has 1 aromatic heterocycles. The summed E-state index contributed by atoms with van der Waals surface area (Å²) in [6, 6.07) is 8.87. The average molecular weight is 305 g/mol. The number of nitrogens with two attached hydrogens (primary N) is 1. The van der Waals surface area contributed by atoms with Crippen LogP contribution in [0.25, 0.3) is 0 Å². The molecular weight excluding hydrogens is 294 g/mol. The number of carboxylic acid groups (broad SMARTS) is 1. The molecule has 0 fully saturated rings. The van der Waals surface area contributed by atoms with Gasteiger partial charge in [0.15, 0.2) is 5.82 Å². The Morgan fingerprint density at radius 3 is 2.55 bits per heavy atom. The zero-order valence-corrected chi connectivity index (χ0v) is 11.1. The monoisotopic (exact) mass is 305 g/mol. The van der Waals surface area contributed by atoms with Gasteiger partial charge in [0.05, 0.1) is 0 Å².